The summed E-state index contributed by atoms with van der Waals surface area (Å²) in [5, 5.41) is 22.3. The monoisotopic (exact) mass is 424 g/mol. The maximum atomic E-state index is 13.3. The lowest BCUT2D eigenvalue weighted by molar-refractivity contribution is -0.126. The molecule has 3 heterocycles. The van der Waals surface area contributed by atoms with Crippen LogP contribution < -0.4 is 10.2 Å². The Bertz CT molecular complexity index is 1080. The van der Waals surface area contributed by atoms with Crippen LogP contribution in [0, 0.1) is 23.1 Å². The second-order valence-electron chi connectivity index (χ2n) is 7.34. The fraction of sp³-hybridized carbons (Fsp3) is 0.318. The SMILES string of the molecule is N#Cc1nc(-c2ccco2)oc1N1CCC(C(=O)NCC(O)c2cccc(F)c2)CC1. The van der Waals surface area contributed by atoms with E-state index in [9.17, 15) is 19.6 Å². The van der Waals surface area contributed by atoms with Gasteiger partial charge in [-0.2, -0.15) is 10.2 Å². The summed E-state index contributed by atoms with van der Waals surface area (Å²) in [6.07, 6.45) is 1.64. The minimum Gasteiger partial charge on any atom is -0.459 e. The standard InChI is InChI=1S/C22H21FN4O4/c23-16-4-1-3-15(11-16)18(28)13-25-20(29)14-6-8-27(9-7-14)22-17(12-24)26-21(31-22)19-5-2-10-30-19/h1-5,10-11,14,18,28H,6-9,13H2,(H,25,29). The number of anilines is 1. The van der Waals surface area contributed by atoms with Crippen LogP contribution in [0.25, 0.3) is 11.7 Å². The first-order valence-corrected chi connectivity index (χ1v) is 9.96. The highest BCUT2D eigenvalue weighted by atomic mass is 19.1. The number of benzene rings is 1. The van der Waals surface area contributed by atoms with E-state index in [2.05, 4.69) is 10.3 Å². The van der Waals surface area contributed by atoms with Crippen molar-refractivity contribution in [2.24, 2.45) is 5.92 Å². The smallest absolute Gasteiger partial charge is 0.266 e. The van der Waals surface area contributed by atoms with Crippen LogP contribution in [-0.4, -0.2) is 35.6 Å². The fourth-order valence-corrected chi connectivity index (χ4v) is 3.62. The Morgan fingerprint density at radius 1 is 1.35 bits per heavy atom. The zero-order valence-corrected chi connectivity index (χ0v) is 16.6. The Balaban J connectivity index is 1.32. The number of carbonyl (C=O) groups excluding carboxylic acids is 1. The number of aliphatic hydroxyl groups is 1. The summed E-state index contributed by atoms with van der Waals surface area (Å²) in [5.74, 6) is 0.221. The third kappa shape index (κ3) is 4.59. The Labute approximate surface area is 177 Å². The summed E-state index contributed by atoms with van der Waals surface area (Å²) in [4.78, 5) is 18.6. The van der Waals surface area contributed by atoms with Crippen LogP contribution >= 0.6 is 0 Å². The molecule has 1 aliphatic rings. The Morgan fingerprint density at radius 2 is 2.16 bits per heavy atom. The lowest BCUT2D eigenvalue weighted by Gasteiger charge is -2.31. The van der Waals surface area contributed by atoms with Gasteiger partial charge < -0.3 is 24.2 Å². The molecule has 0 bridgehead atoms. The zero-order valence-electron chi connectivity index (χ0n) is 16.6. The van der Waals surface area contributed by atoms with Crippen LogP contribution in [0.15, 0.2) is 51.5 Å². The molecule has 2 N–H and O–H groups in total. The highest BCUT2D eigenvalue weighted by Gasteiger charge is 2.29. The van der Waals surface area contributed by atoms with Gasteiger partial charge in [-0.25, -0.2) is 4.39 Å². The number of oxazole rings is 1. The van der Waals surface area contributed by atoms with Gasteiger partial charge in [0.25, 0.3) is 5.89 Å². The molecule has 0 radical (unpaired) electrons. The van der Waals surface area contributed by atoms with Gasteiger partial charge in [-0.05, 0) is 42.7 Å². The molecule has 8 nitrogen and oxygen atoms in total. The lowest BCUT2D eigenvalue weighted by Crippen LogP contribution is -2.41. The van der Waals surface area contributed by atoms with Crippen molar-refractivity contribution < 1.29 is 23.1 Å². The maximum absolute atomic E-state index is 13.3. The topological polar surface area (TPSA) is 116 Å². The molecule has 160 valence electrons. The molecular formula is C22H21FN4O4. The number of aliphatic hydroxyl groups excluding tert-OH is 1. The molecule has 9 heteroatoms. The number of hydrogen-bond donors (Lipinski definition) is 2. The third-order valence-electron chi connectivity index (χ3n) is 5.30. The van der Waals surface area contributed by atoms with E-state index >= 15 is 0 Å². The van der Waals surface area contributed by atoms with Gasteiger partial charge in [0.2, 0.25) is 17.5 Å². The van der Waals surface area contributed by atoms with Gasteiger partial charge in [0, 0.05) is 25.6 Å². The van der Waals surface area contributed by atoms with Gasteiger partial charge in [0.05, 0.1) is 12.4 Å². The number of piperidine rings is 1. The predicted octanol–water partition coefficient (Wildman–Crippen LogP) is 3.01. The Kier molecular flexibility index (Phi) is 6.00. The van der Waals surface area contributed by atoms with Gasteiger partial charge >= 0.3 is 0 Å². The van der Waals surface area contributed by atoms with Crippen LogP contribution in [-0.2, 0) is 4.79 Å². The van der Waals surface area contributed by atoms with E-state index < -0.39 is 11.9 Å². The van der Waals surface area contributed by atoms with Gasteiger partial charge in [0.15, 0.2) is 5.76 Å². The molecule has 3 aromatic rings. The molecule has 0 spiro atoms. The average molecular weight is 424 g/mol. The Morgan fingerprint density at radius 3 is 2.84 bits per heavy atom. The number of hydrogen-bond acceptors (Lipinski definition) is 7. The van der Waals surface area contributed by atoms with Crippen LogP contribution in [0.4, 0.5) is 10.3 Å². The Hall–Kier alpha value is -3.64. The first-order valence-electron chi connectivity index (χ1n) is 9.96. The first-order chi connectivity index (χ1) is 15.0. The van der Waals surface area contributed by atoms with E-state index in [1.54, 1.807) is 18.2 Å². The molecule has 1 amide bonds. The van der Waals surface area contributed by atoms with Gasteiger partial charge in [-0.3, -0.25) is 4.79 Å². The number of aromatic nitrogens is 1. The highest BCUT2D eigenvalue weighted by Crippen LogP contribution is 2.31. The fourth-order valence-electron chi connectivity index (χ4n) is 3.62. The van der Waals surface area contributed by atoms with E-state index in [0.29, 0.717) is 43.1 Å². The molecule has 1 fully saturated rings. The lowest BCUT2D eigenvalue weighted by atomic mass is 9.95. The number of nitrogens with zero attached hydrogens (tertiary/aromatic N) is 3. The van der Waals surface area contributed by atoms with E-state index in [1.165, 1.54) is 24.5 Å². The van der Waals surface area contributed by atoms with Crippen LogP contribution in [0.1, 0.15) is 30.2 Å². The van der Waals surface area contributed by atoms with E-state index in [-0.39, 0.29) is 30.0 Å². The number of rotatable bonds is 6. The molecule has 1 saturated heterocycles. The van der Waals surface area contributed by atoms with Crippen molar-refractivity contribution in [2.75, 3.05) is 24.5 Å². The van der Waals surface area contributed by atoms with Crippen LogP contribution in [0.3, 0.4) is 0 Å². The number of amides is 1. The molecule has 1 atom stereocenters. The molecule has 0 aliphatic carbocycles. The highest BCUT2D eigenvalue weighted by molar-refractivity contribution is 5.79. The van der Waals surface area contributed by atoms with Gasteiger partial charge in [0.1, 0.15) is 11.9 Å². The summed E-state index contributed by atoms with van der Waals surface area (Å²) in [7, 11) is 0. The maximum Gasteiger partial charge on any atom is 0.266 e. The summed E-state index contributed by atoms with van der Waals surface area (Å²) >= 11 is 0. The number of carbonyl (C=O) groups is 1. The number of furan rings is 1. The second kappa shape index (κ2) is 9.02. The van der Waals surface area contributed by atoms with E-state index in [1.807, 2.05) is 11.0 Å². The van der Waals surface area contributed by atoms with Crippen molar-refractivity contribution in [3.05, 3.63) is 59.7 Å². The summed E-state index contributed by atoms with van der Waals surface area (Å²) in [6.45, 7) is 1.05. The largest absolute Gasteiger partial charge is 0.459 e. The number of nitriles is 1. The second-order valence-corrected chi connectivity index (χ2v) is 7.34. The molecule has 2 aromatic heterocycles. The summed E-state index contributed by atoms with van der Waals surface area (Å²) < 4.78 is 24.3. The van der Waals surface area contributed by atoms with Crippen LogP contribution in [0.2, 0.25) is 0 Å². The molecule has 31 heavy (non-hydrogen) atoms. The predicted molar refractivity (Wildman–Crippen MR) is 108 cm³/mol. The van der Waals surface area contributed by atoms with Crippen LogP contribution in [0.5, 0.6) is 0 Å². The molecule has 4 rings (SSSR count). The van der Waals surface area contributed by atoms with Gasteiger partial charge in [-0.1, -0.05) is 12.1 Å². The zero-order chi connectivity index (χ0) is 21.8. The first kappa shape index (κ1) is 20.6. The average Bonchev–Trinajstić information content (AvgIpc) is 3.47. The summed E-state index contributed by atoms with van der Waals surface area (Å²) in [6, 6.07) is 11.1. The van der Waals surface area contributed by atoms with Crippen molar-refractivity contribution >= 4 is 11.8 Å². The van der Waals surface area contributed by atoms with Crippen molar-refractivity contribution in [1.82, 2.24) is 10.3 Å². The van der Waals surface area contributed by atoms with E-state index in [0.717, 1.165) is 0 Å². The van der Waals surface area contributed by atoms with Crippen molar-refractivity contribution in [2.45, 2.75) is 18.9 Å². The van der Waals surface area contributed by atoms with Gasteiger partial charge in [-0.15, -0.1) is 0 Å². The number of nitrogens with one attached hydrogen (secondary N) is 1. The number of halogens is 1. The quantitative estimate of drug-likeness (QED) is 0.625. The van der Waals surface area contributed by atoms with Crippen molar-refractivity contribution in [3.63, 3.8) is 0 Å². The molecule has 1 unspecified atom stereocenters. The van der Waals surface area contributed by atoms with E-state index in [4.69, 9.17) is 8.83 Å². The third-order valence-corrected chi connectivity index (χ3v) is 5.30. The molecular weight excluding hydrogens is 403 g/mol. The molecule has 1 aliphatic heterocycles. The van der Waals surface area contributed by atoms with Crippen molar-refractivity contribution in [1.29, 1.82) is 5.26 Å². The normalized spacial score (nSPS) is 15.5. The molecule has 0 saturated carbocycles. The van der Waals surface area contributed by atoms with Crippen molar-refractivity contribution in [3.8, 4) is 17.7 Å². The molecule has 1 aromatic carbocycles. The minimum absolute atomic E-state index is 0.00962. The minimum atomic E-state index is -0.979. The summed E-state index contributed by atoms with van der Waals surface area (Å²) in [5.41, 5.74) is 0.587.